The lowest BCUT2D eigenvalue weighted by Gasteiger charge is -2.20. The molecule has 0 aliphatic rings. The summed E-state index contributed by atoms with van der Waals surface area (Å²) in [6, 6.07) is -0.890. The summed E-state index contributed by atoms with van der Waals surface area (Å²) in [4.78, 5) is 14.6. The normalized spacial score (nSPS) is 14.1. The first-order valence-electron chi connectivity index (χ1n) is 5.39. The van der Waals surface area contributed by atoms with Gasteiger partial charge in [-0.15, -0.1) is 0 Å². The number of hydrogen-bond acceptors (Lipinski definition) is 5. The van der Waals surface area contributed by atoms with Crippen molar-refractivity contribution in [2.45, 2.75) is 45.5 Å². The lowest BCUT2D eigenvalue weighted by Crippen LogP contribution is -2.34. The van der Waals surface area contributed by atoms with E-state index in [0.717, 1.165) is 0 Å². The number of carbonyl (C=O) groups excluding carboxylic acids is 1. The standard InChI is InChI=1S/C10H14F3N3O3/c1-5(14-8(17)18-9(2,3)4)6-15-7(16-19-6)10(11,12)13/h5H,1-4H3,(H,14,17)/t5-/m0/s1. The Hall–Kier alpha value is -1.80. The van der Waals surface area contributed by atoms with Crippen LogP contribution >= 0.6 is 0 Å². The van der Waals surface area contributed by atoms with Gasteiger partial charge in [0.1, 0.15) is 11.6 Å². The Balaban J connectivity index is 2.66. The molecule has 0 aromatic carbocycles. The molecule has 19 heavy (non-hydrogen) atoms. The van der Waals surface area contributed by atoms with Crippen molar-refractivity contribution in [3.05, 3.63) is 11.7 Å². The maximum atomic E-state index is 12.3. The molecule has 9 heteroatoms. The summed E-state index contributed by atoms with van der Waals surface area (Å²) in [7, 11) is 0. The van der Waals surface area contributed by atoms with Crippen LogP contribution in [0, 0.1) is 0 Å². The van der Waals surface area contributed by atoms with Gasteiger partial charge in [0.05, 0.1) is 0 Å². The number of ether oxygens (including phenoxy) is 1. The van der Waals surface area contributed by atoms with Crippen molar-refractivity contribution >= 4 is 6.09 Å². The van der Waals surface area contributed by atoms with E-state index in [2.05, 4.69) is 20.0 Å². The van der Waals surface area contributed by atoms with Crippen molar-refractivity contribution in [1.29, 1.82) is 0 Å². The summed E-state index contributed by atoms with van der Waals surface area (Å²) in [6.45, 7) is 6.38. The third-order valence-corrected chi connectivity index (χ3v) is 1.80. The summed E-state index contributed by atoms with van der Waals surface area (Å²) in [5.41, 5.74) is -0.713. The zero-order valence-electron chi connectivity index (χ0n) is 10.8. The van der Waals surface area contributed by atoms with E-state index in [4.69, 9.17) is 4.74 Å². The van der Waals surface area contributed by atoms with Gasteiger partial charge in [-0.25, -0.2) is 4.79 Å². The van der Waals surface area contributed by atoms with Gasteiger partial charge in [-0.2, -0.15) is 18.2 Å². The smallest absolute Gasteiger partial charge is 0.444 e. The lowest BCUT2D eigenvalue weighted by atomic mass is 10.2. The molecule has 1 aromatic heterocycles. The van der Waals surface area contributed by atoms with Crippen molar-refractivity contribution in [1.82, 2.24) is 15.5 Å². The van der Waals surface area contributed by atoms with E-state index in [-0.39, 0.29) is 5.89 Å². The highest BCUT2D eigenvalue weighted by atomic mass is 19.4. The maximum Gasteiger partial charge on any atom is 0.455 e. The van der Waals surface area contributed by atoms with Gasteiger partial charge in [0.25, 0.3) is 5.82 Å². The van der Waals surface area contributed by atoms with Crippen LogP contribution in [-0.2, 0) is 10.9 Å². The first kappa shape index (κ1) is 15.3. The summed E-state index contributed by atoms with van der Waals surface area (Å²) in [5.74, 6) is -1.74. The van der Waals surface area contributed by atoms with Gasteiger partial charge < -0.3 is 14.6 Å². The predicted octanol–water partition coefficient (Wildman–Crippen LogP) is 2.67. The van der Waals surface area contributed by atoms with Gasteiger partial charge in [-0.3, -0.25) is 0 Å². The molecule has 108 valence electrons. The summed E-state index contributed by atoms with van der Waals surface area (Å²) in [6.07, 6.45) is -5.47. The molecule has 1 N–H and O–H groups in total. The fourth-order valence-corrected chi connectivity index (χ4v) is 1.07. The first-order valence-corrected chi connectivity index (χ1v) is 5.39. The largest absolute Gasteiger partial charge is 0.455 e. The number of halogens is 3. The van der Waals surface area contributed by atoms with Crippen molar-refractivity contribution in [2.75, 3.05) is 0 Å². The lowest BCUT2D eigenvalue weighted by molar-refractivity contribution is -0.146. The highest BCUT2D eigenvalue weighted by Gasteiger charge is 2.38. The molecule has 0 aliphatic heterocycles. The number of nitrogens with zero attached hydrogens (tertiary/aromatic N) is 2. The van der Waals surface area contributed by atoms with Crippen LogP contribution in [0.5, 0.6) is 0 Å². The predicted molar refractivity (Wildman–Crippen MR) is 57.1 cm³/mol. The molecule has 0 bridgehead atoms. The molecule has 0 spiro atoms. The Kier molecular flexibility index (Phi) is 4.06. The van der Waals surface area contributed by atoms with E-state index in [1.54, 1.807) is 20.8 Å². The number of nitrogens with one attached hydrogen (secondary N) is 1. The van der Waals surface area contributed by atoms with E-state index in [9.17, 15) is 18.0 Å². The Morgan fingerprint density at radius 3 is 2.37 bits per heavy atom. The second kappa shape index (κ2) is 5.06. The average Bonchev–Trinajstić information content (AvgIpc) is 2.61. The third kappa shape index (κ3) is 4.76. The fraction of sp³-hybridized carbons (Fsp3) is 0.700. The molecule has 1 amide bonds. The molecule has 0 radical (unpaired) electrons. The molecule has 0 fully saturated rings. The van der Waals surface area contributed by atoms with E-state index < -0.39 is 29.7 Å². The monoisotopic (exact) mass is 281 g/mol. The quantitative estimate of drug-likeness (QED) is 0.901. The Bertz CT molecular complexity index is 451. The maximum absolute atomic E-state index is 12.3. The van der Waals surface area contributed by atoms with Crippen LogP contribution in [-0.4, -0.2) is 21.8 Å². The molecule has 0 saturated heterocycles. The molecule has 1 aromatic rings. The van der Waals surface area contributed by atoms with E-state index in [1.807, 2.05) is 0 Å². The minimum atomic E-state index is -4.69. The number of alkyl carbamates (subject to hydrolysis) is 1. The topological polar surface area (TPSA) is 77.2 Å². The van der Waals surface area contributed by atoms with Crippen molar-refractivity contribution < 1.29 is 27.2 Å². The molecule has 1 heterocycles. The fourth-order valence-electron chi connectivity index (χ4n) is 1.07. The van der Waals surface area contributed by atoms with Gasteiger partial charge in [0.2, 0.25) is 5.89 Å². The SMILES string of the molecule is C[C@H](NC(=O)OC(C)(C)C)c1nc(C(F)(F)F)no1. The van der Waals surface area contributed by atoms with Crippen molar-refractivity contribution in [3.8, 4) is 0 Å². The molecule has 1 atom stereocenters. The van der Waals surface area contributed by atoms with Crippen LogP contribution in [0.4, 0.5) is 18.0 Å². The van der Waals surface area contributed by atoms with Gasteiger partial charge >= 0.3 is 12.3 Å². The van der Waals surface area contributed by atoms with E-state index in [0.29, 0.717) is 0 Å². The van der Waals surface area contributed by atoms with E-state index in [1.165, 1.54) is 6.92 Å². The molecule has 0 saturated carbocycles. The van der Waals surface area contributed by atoms with Crippen LogP contribution in [0.1, 0.15) is 45.5 Å². The molecule has 6 nitrogen and oxygen atoms in total. The number of alkyl halides is 3. The summed E-state index contributed by atoms with van der Waals surface area (Å²) < 4.78 is 46.1. The first-order chi connectivity index (χ1) is 8.49. The van der Waals surface area contributed by atoms with Gasteiger partial charge in [0, 0.05) is 0 Å². The van der Waals surface area contributed by atoms with Gasteiger partial charge in [-0.05, 0) is 27.7 Å². The third-order valence-electron chi connectivity index (χ3n) is 1.80. The second-order valence-corrected chi connectivity index (χ2v) is 4.82. The number of carbonyl (C=O) groups is 1. The minimum absolute atomic E-state index is 0.349. The molecule has 0 aliphatic carbocycles. The number of rotatable bonds is 2. The molecular weight excluding hydrogens is 267 g/mol. The average molecular weight is 281 g/mol. The summed E-state index contributed by atoms with van der Waals surface area (Å²) >= 11 is 0. The minimum Gasteiger partial charge on any atom is -0.444 e. The van der Waals surface area contributed by atoms with Crippen molar-refractivity contribution in [3.63, 3.8) is 0 Å². The molecule has 1 rings (SSSR count). The Labute approximate surface area is 107 Å². The summed E-state index contributed by atoms with van der Waals surface area (Å²) in [5, 5.41) is 5.08. The van der Waals surface area contributed by atoms with Crippen molar-refractivity contribution in [2.24, 2.45) is 0 Å². The van der Waals surface area contributed by atoms with E-state index >= 15 is 0 Å². The highest BCUT2D eigenvalue weighted by Crippen LogP contribution is 2.27. The van der Waals surface area contributed by atoms with Crippen LogP contribution in [0.25, 0.3) is 0 Å². The Morgan fingerprint density at radius 2 is 1.95 bits per heavy atom. The van der Waals surface area contributed by atoms with Gasteiger partial charge in [0.15, 0.2) is 0 Å². The second-order valence-electron chi connectivity index (χ2n) is 4.82. The van der Waals surface area contributed by atoms with Gasteiger partial charge in [-0.1, -0.05) is 5.16 Å². The highest BCUT2D eigenvalue weighted by molar-refractivity contribution is 5.68. The molecule has 0 unspecified atom stereocenters. The van der Waals surface area contributed by atoms with Crippen LogP contribution < -0.4 is 5.32 Å². The Morgan fingerprint density at radius 1 is 1.37 bits per heavy atom. The van der Waals surface area contributed by atoms with Crippen LogP contribution in [0.15, 0.2) is 4.52 Å². The molecular formula is C10H14F3N3O3. The number of aromatic nitrogens is 2. The van der Waals surface area contributed by atoms with Crippen LogP contribution in [0.3, 0.4) is 0 Å². The zero-order chi connectivity index (χ0) is 14.8. The number of hydrogen-bond donors (Lipinski definition) is 1. The number of amides is 1. The zero-order valence-corrected chi connectivity index (χ0v) is 10.8. The van der Waals surface area contributed by atoms with Crippen LogP contribution in [0.2, 0.25) is 0 Å².